The average Bonchev–Trinajstić information content (AvgIpc) is 1.79. The van der Waals surface area contributed by atoms with E-state index in [9.17, 15) is 43.2 Å². The Morgan fingerprint density at radius 3 is 0.739 bits per heavy atom. The molecular weight excluding hydrogens is 1210 g/mol. The highest BCUT2D eigenvalue weighted by Gasteiger charge is 2.30. The Hall–Kier alpha value is -1.94. The maximum absolute atomic E-state index is 13.1. The molecule has 0 heterocycles. The molecule has 546 valence electrons. The predicted octanol–water partition coefficient (Wildman–Crippen LogP) is 21.3. The van der Waals surface area contributed by atoms with Crippen LogP contribution in [-0.4, -0.2) is 96.7 Å². The van der Waals surface area contributed by atoms with Crippen molar-refractivity contribution in [3.8, 4) is 0 Å². The SMILES string of the molecule is CCCCCCCCCCCCCCCCCCC(=O)O[C@H](COC(=O)CCCCCCCCCCCCCCCC)COP(=O)(O)OC[C@@H](O)COP(=O)(O)OC[C@@H](COC(=O)CCCCCCCCCCC)OC(=O)CCCCCCCCCCCCC(C)C. The summed E-state index contributed by atoms with van der Waals surface area (Å²) in [5.74, 6) is -1.36. The fraction of sp³-hybridized carbons (Fsp3) is 0.945. The predicted molar refractivity (Wildman–Crippen MR) is 372 cm³/mol. The highest BCUT2D eigenvalue weighted by atomic mass is 31.2. The topological polar surface area (TPSA) is 237 Å². The van der Waals surface area contributed by atoms with E-state index in [1.807, 2.05) is 0 Å². The zero-order valence-corrected chi connectivity index (χ0v) is 61.5. The van der Waals surface area contributed by atoms with Gasteiger partial charge in [0.1, 0.15) is 19.3 Å². The Bertz CT molecular complexity index is 1770. The summed E-state index contributed by atoms with van der Waals surface area (Å²) in [5, 5.41) is 10.6. The van der Waals surface area contributed by atoms with Gasteiger partial charge in [0.05, 0.1) is 26.4 Å². The number of rotatable bonds is 73. The Morgan fingerprint density at radius 1 is 0.293 bits per heavy atom. The number of aliphatic hydroxyl groups is 1. The molecule has 17 nitrogen and oxygen atoms in total. The summed E-state index contributed by atoms with van der Waals surface area (Å²) in [5.41, 5.74) is 0. The minimum absolute atomic E-state index is 0.106. The van der Waals surface area contributed by atoms with Gasteiger partial charge < -0.3 is 33.8 Å². The number of phosphoric ester groups is 2. The van der Waals surface area contributed by atoms with Gasteiger partial charge >= 0.3 is 39.5 Å². The van der Waals surface area contributed by atoms with Gasteiger partial charge in [0.2, 0.25) is 0 Å². The van der Waals surface area contributed by atoms with E-state index in [0.29, 0.717) is 25.7 Å². The number of esters is 4. The summed E-state index contributed by atoms with van der Waals surface area (Å²) in [7, 11) is -9.90. The summed E-state index contributed by atoms with van der Waals surface area (Å²) in [6.07, 6.45) is 54.0. The third kappa shape index (κ3) is 66.7. The Morgan fingerprint density at radius 2 is 0.500 bits per heavy atom. The molecule has 0 aromatic rings. The second-order valence-corrected chi connectivity index (χ2v) is 29.7. The van der Waals surface area contributed by atoms with Crippen LogP contribution in [0.5, 0.6) is 0 Å². The molecule has 92 heavy (non-hydrogen) atoms. The van der Waals surface area contributed by atoms with Gasteiger partial charge in [0, 0.05) is 25.7 Å². The van der Waals surface area contributed by atoms with Crippen molar-refractivity contribution in [2.75, 3.05) is 39.6 Å². The Balaban J connectivity index is 5.24. The molecule has 0 radical (unpaired) electrons. The first-order chi connectivity index (χ1) is 44.5. The van der Waals surface area contributed by atoms with E-state index < -0.39 is 97.5 Å². The molecule has 0 aliphatic carbocycles. The lowest BCUT2D eigenvalue weighted by atomic mass is 10.0. The number of ether oxygens (including phenoxy) is 4. The smallest absolute Gasteiger partial charge is 0.462 e. The van der Waals surface area contributed by atoms with E-state index in [1.165, 1.54) is 205 Å². The molecule has 0 spiro atoms. The molecule has 0 amide bonds. The first-order valence-electron chi connectivity index (χ1n) is 38.1. The molecule has 19 heteroatoms. The summed E-state index contributed by atoms with van der Waals surface area (Å²) in [6.45, 7) is 7.25. The molecule has 2 unspecified atom stereocenters. The quantitative estimate of drug-likeness (QED) is 0.0222. The van der Waals surface area contributed by atoms with Gasteiger partial charge in [0.25, 0.3) is 0 Å². The largest absolute Gasteiger partial charge is 0.472 e. The van der Waals surface area contributed by atoms with Gasteiger partial charge in [-0.1, -0.05) is 330 Å². The third-order valence-electron chi connectivity index (χ3n) is 17.0. The van der Waals surface area contributed by atoms with Gasteiger partial charge in [0.15, 0.2) is 12.2 Å². The highest BCUT2D eigenvalue weighted by molar-refractivity contribution is 7.47. The van der Waals surface area contributed by atoms with Crippen LogP contribution >= 0.6 is 15.6 Å². The third-order valence-corrected chi connectivity index (χ3v) is 18.9. The monoisotopic (exact) mass is 1350 g/mol. The second-order valence-electron chi connectivity index (χ2n) is 26.8. The van der Waals surface area contributed by atoms with Gasteiger partial charge in [-0.3, -0.25) is 37.3 Å². The molecular formula is C73H142O17P2. The molecule has 0 aromatic heterocycles. The number of carbonyl (C=O) groups excluding carboxylic acids is 4. The van der Waals surface area contributed by atoms with Crippen LogP contribution in [0.2, 0.25) is 0 Å². The molecule has 0 fully saturated rings. The van der Waals surface area contributed by atoms with Crippen molar-refractivity contribution in [3.63, 3.8) is 0 Å². The molecule has 0 bridgehead atoms. The fourth-order valence-electron chi connectivity index (χ4n) is 11.2. The van der Waals surface area contributed by atoms with E-state index >= 15 is 0 Å². The molecule has 0 aromatic carbocycles. The van der Waals surface area contributed by atoms with Crippen LogP contribution in [0.3, 0.4) is 0 Å². The lowest BCUT2D eigenvalue weighted by molar-refractivity contribution is -0.161. The number of aliphatic hydroxyl groups excluding tert-OH is 1. The lowest BCUT2D eigenvalue weighted by Gasteiger charge is -2.21. The number of hydrogen-bond donors (Lipinski definition) is 3. The van der Waals surface area contributed by atoms with Crippen LogP contribution < -0.4 is 0 Å². The minimum atomic E-state index is -4.95. The number of hydrogen-bond acceptors (Lipinski definition) is 15. The van der Waals surface area contributed by atoms with Gasteiger partial charge in [-0.15, -0.1) is 0 Å². The van der Waals surface area contributed by atoms with Crippen molar-refractivity contribution in [1.82, 2.24) is 0 Å². The van der Waals surface area contributed by atoms with Crippen molar-refractivity contribution < 1.29 is 80.2 Å². The van der Waals surface area contributed by atoms with Crippen LogP contribution in [0.25, 0.3) is 0 Å². The maximum atomic E-state index is 13.1. The van der Waals surface area contributed by atoms with Crippen LogP contribution in [0, 0.1) is 5.92 Å². The van der Waals surface area contributed by atoms with Gasteiger partial charge in [-0.05, 0) is 31.6 Å². The van der Waals surface area contributed by atoms with Crippen LogP contribution in [-0.2, 0) is 65.4 Å². The van der Waals surface area contributed by atoms with Crippen LogP contribution in [0.15, 0.2) is 0 Å². The Kier molecular flexibility index (Phi) is 64.9. The first-order valence-corrected chi connectivity index (χ1v) is 41.1. The van der Waals surface area contributed by atoms with E-state index in [2.05, 4.69) is 34.6 Å². The molecule has 5 atom stereocenters. The number of carbonyl (C=O) groups is 4. The van der Waals surface area contributed by atoms with Crippen molar-refractivity contribution in [2.45, 2.75) is 400 Å². The normalized spacial score (nSPS) is 14.0. The van der Waals surface area contributed by atoms with Gasteiger partial charge in [-0.2, -0.15) is 0 Å². The van der Waals surface area contributed by atoms with Crippen molar-refractivity contribution in [3.05, 3.63) is 0 Å². The van der Waals surface area contributed by atoms with Crippen molar-refractivity contribution in [1.29, 1.82) is 0 Å². The standard InChI is InChI=1S/C73H142O17P2/c1-6-9-12-15-18-21-23-25-27-28-30-32-38-43-48-53-58-72(77)89-69(63-84-71(76)57-52-47-42-37-31-29-26-24-22-19-16-13-10-7-2)65-88-92(81,82)86-61-67(74)60-85-91(79,80)87-64-68(62-83-70(75)56-51-46-41-35-20-17-14-11-8-3)90-73(78)59-54-49-44-39-34-33-36-40-45-50-55-66(4)5/h66-69,74H,6-65H2,1-5H3,(H,79,80)(H,81,82)/t67-,68+,69+/m0/s1. The summed E-state index contributed by atoms with van der Waals surface area (Å²) < 4.78 is 68.4. The molecule has 0 saturated carbocycles. The molecule has 0 rings (SSSR count). The fourth-order valence-corrected chi connectivity index (χ4v) is 12.8. The Labute approximate surface area is 562 Å². The van der Waals surface area contributed by atoms with Gasteiger partial charge in [-0.25, -0.2) is 9.13 Å². The summed E-state index contributed by atoms with van der Waals surface area (Å²) in [4.78, 5) is 72.6. The average molecular weight is 1350 g/mol. The lowest BCUT2D eigenvalue weighted by Crippen LogP contribution is -2.30. The van der Waals surface area contributed by atoms with E-state index in [0.717, 1.165) is 95.8 Å². The first kappa shape index (κ1) is 90.1. The molecule has 0 aliphatic rings. The second kappa shape index (κ2) is 66.3. The number of unbranched alkanes of at least 4 members (excludes halogenated alkanes) is 45. The summed E-state index contributed by atoms with van der Waals surface area (Å²) >= 11 is 0. The molecule has 3 N–H and O–H groups in total. The van der Waals surface area contributed by atoms with E-state index in [-0.39, 0.29) is 25.7 Å². The molecule has 0 aliphatic heterocycles. The van der Waals surface area contributed by atoms with Crippen LogP contribution in [0.4, 0.5) is 0 Å². The minimum Gasteiger partial charge on any atom is -0.462 e. The van der Waals surface area contributed by atoms with E-state index in [1.54, 1.807) is 0 Å². The van der Waals surface area contributed by atoms with Crippen molar-refractivity contribution >= 4 is 39.5 Å². The highest BCUT2D eigenvalue weighted by Crippen LogP contribution is 2.45. The summed E-state index contributed by atoms with van der Waals surface area (Å²) in [6, 6.07) is 0. The van der Waals surface area contributed by atoms with Crippen molar-refractivity contribution in [2.24, 2.45) is 5.92 Å². The van der Waals surface area contributed by atoms with E-state index in [4.69, 9.17) is 37.0 Å². The molecule has 0 saturated heterocycles. The maximum Gasteiger partial charge on any atom is 0.472 e. The zero-order chi connectivity index (χ0) is 67.7. The zero-order valence-electron chi connectivity index (χ0n) is 59.7. The number of phosphoric acid groups is 2. The van der Waals surface area contributed by atoms with Crippen LogP contribution in [0.1, 0.15) is 381 Å².